The Morgan fingerprint density at radius 2 is 1.83 bits per heavy atom. The lowest BCUT2D eigenvalue weighted by Crippen LogP contribution is -2.34. The van der Waals surface area contributed by atoms with Gasteiger partial charge in [-0.05, 0) is 44.7 Å². The van der Waals surface area contributed by atoms with Crippen molar-refractivity contribution in [2.24, 2.45) is 11.8 Å². The minimum absolute atomic E-state index is 0.118. The quantitative estimate of drug-likeness (QED) is 0.398. The Labute approximate surface area is 169 Å². The fourth-order valence-corrected chi connectivity index (χ4v) is 4.01. The number of aliphatic carboxylic acids is 1. The summed E-state index contributed by atoms with van der Waals surface area (Å²) in [6.45, 7) is 2.37. The first-order valence-electron chi connectivity index (χ1n) is 10.0. The Morgan fingerprint density at radius 1 is 1.10 bits per heavy atom. The van der Waals surface area contributed by atoms with Crippen LogP contribution >= 0.6 is 0 Å². The Balaban J connectivity index is 1.68. The first-order chi connectivity index (χ1) is 13.9. The largest absolute Gasteiger partial charge is 0.481 e. The van der Waals surface area contributed by atoms with E-state index in [1.54, 1.807) is 24.3 Å². The van der Waals surface area contributed by atoms with E-state index in [2.05, 4.69) is 5.32 Å². The van der Waals surface area contributed by atoms with Crippen molar-refractivity contribution >= 4 is 29.4 Å². The predicted molar refractivity (Wildman–Crippen MR) is 107 cm³/mol. The van der Waals surface area contributed by atoms with Crippen molar-refractivity contribution < 1.29 is 24.3 Å². The molecule has 154 valence electrons. The second-order valence-corrected chi connectivity index (χ2v) is 7.69. The lowest BCUT2D eigenvalue weighted by Gasteiger charge is -2.19. The molecule has 1 saturated heterocycles. The van der Waals surface area contributed by atoms with Gasteiger partial charge in [-0.15, -0.1) is 0 Å². The molecule has 1 aromatic carbocycles. The van der Waals surface area contributed by atoms with Gasteiger partial charge in [-0.25, -0.2) is 4.90 Å². The van der Waals surface area contributed by atoms with Crippen LogP contribution in [0.15, 0.2) is 35.9 Å². The van der Waals surface area contributed by atoms with E-state index in [4.69, 9.17) is 5.11 Å². The van der Waals surface area contributed by atoms with E-state index in [0.29, 0.717) is 49.9 Å². The maximum Gasteiger partial charge on any atom is 0.303 e. The molecule has 1 heterocycles. The van der Waals surface area contributed by atoms with E-state index >= 15 is 0 Å². The molecule has 7 heteroatoms. The second kappa shape index (κ2) is 9.03. The molecule has 3 rings (SSSR count). The van der Waals surface area contributed by atoms with E-state index in [1.165, 1.54) is 4.90 Å². The smallest absolute Gasteiger partial charge is 0.303 e. The number of imide groups is 1. The highest BCUT2D eigenvalue weighted by Crippen LogP contribution is 2.40. The molecule has 0 radical (unpaired) electrons. The van der Waals surface area contributed by atoms with Crippen molar-refractivity contribution in [2.75, 3.05) is 11.4 Å². The molecule has 1 aromatic rings. The van der Waals surface area contributed by atoms with Gasteiger partial charge in [0, 0.05) is 13.0 Å². The molecule has 0 saturated carbocycles. The van der Waals surface area contributed by atoms with Crippen LogP contribution in [0, 0.1) is 11.8 Å². The zero-order valence-corrected chi connectivity index (χ0v) is 16.5. The van der Waals surface area contributed by atoms with Crippen molar-refractivity contribution in [3.63, 3.8) is 0 Å². The van der Waals surface area contributed by atoms with Crippen molar-refractivity contribution in [3.8, 4) is 0 Å². The average Bonchev–Trinajstić information content (AvgIpc) is 2.94. The lowest BCUT2D eigenvalue weighted by molar-refractivity contribution is -0.137. The van der Waals surface area contributed by atoms with Gasteiger partial charge in [-0.2, -0.15) is 0 Å². The maximum absolute atomic E-state index is 13.0. The van der Waals surface area contributed by atoms with Crippen LogP contribution in [0.2, 0.25) is 0 Å². The number of nitrogens with one attached hydrogen (secondary N) is 1. The number of carboxylic acids is 1. The zero-order chi connectivity index (χ0) is 21.0. The van der Waals surface area contributed by atoms with Gasteiger partial charge in [-0.3, -0.25) is 19.2 Å². The van der Waals surface area contributed by atoms with Crippen LogP contribution in [0.3, 0.4) is 0 Å². The third-order valence-electron chi connectivity index (χ3n) is 5.57. The molecule has 2 N–H and O–H groups in total. The molecule has 2 aliphatic rings. The predicted octanol–water partition coefficient (Wildman–Crippen LogP) is 2.91. The van der Waals surface area contributed by atoms with Crippen LogP contribution in [0.25, 0.3) is 0 Å². The van der Waals surface area contributed by atoms with Crippen LogP contribution in [0.5, 0.6) is 0 Å². The number of hydrogen-bond acceptors (Lipinski definition) is 4. The van der Waals surface area contributed by atoms with Crippen LogP contribution in [-0.4, -0.2) is 35.3 Å². The molecule has 29 heavy (non-hydrogen) atoms. The number of fused-ring (bicyclic) bond motifs is 1. The molecule has 0 unspecified atom stereocenters. The summed E-state index contributed by atoms with van der Waals surface area (Å²) in [5.41, 5.74) is 1.74. The summed E-state index contributed by atoms with van der Waals surface area (Å²) in [6, 6.07) is 6.66. The molecule has 0 aromatic heterocycles. The van der Waals surface area contributed by atoms with Crippen molar-refractivity contribution in [2.45, 2.75) is 45.4 Å². The van der Waals surface area contributed by atoms with E-state index in [-0.39, 0.29) is 36.0 Å². The topological polar surface area (TPSA) is 104 Å². The molecule has 1 fully saturated rings. The molecule has 3 amide bonds. The van der Waals surface area contributed by atoms with E-state index in [9.17, 15) is 19.2 Å². The van der Waals surface area contributed by atoms with E-state index in [1.807, 2.05) is 13.0 Å². The number of nitrogens with zero attached hydrogens (tertiary/aromatic N) is 1. The summed E-state index contributed by atoms with van der Waals surface area (Å²) in [5.74, 6) is -2.34. The molecule has 1 aliphatic carbocycles. The minimum Gasteiger partial charge on any atom is -0.481 e. The highest BCUT2D eigenvalue weighted by molar-refractivity contribution is 6.24. The molecule has 0 spiro atoms. The van der Waals surface area contributed by atoms with E-state index < -0.39 is 5.97 Å². The number of amides is 3. The van der Waals surface area contributed by atoms with Crippen LogP contribution in [-0.2, 0) is 14.4 Å². The number of anilines is 1. The van der Waals surface area contributed by atoms with Gasteiger partial charge in [-0.1, -0.05) is 30.2 Å². The Hall–Kier alpha value is -2.96. The number of rotatable bonds is 8. The summed E-state index contributed by atoms with van der Waals surface area (Å²) in [7, 11) is 0. The number of carboxylic acid groups (broad SMARTS) is 1. The summed E-state index contributed by atoms with van der Waals surface area (Å²) in [6.07, 6.45) is 5.20. The van der Waals surface area contributed by atoms with Gasteiger partial charge in [0.15, 0.2) is 0 Å². The maximum atomic E-state index is 13.0. The molecular weight excluding hydrogens is 372 g/mol. The minimum atomic E-state index is -0.825. The third-order valence-corrected chi connectivity index (χ3v) is 5.57. The van der Waals surface area contributed by atoms with Gasteiger partial charge >= 0.3 is 5.97 Å². The van der Waals surface area contributed by atoms with Crippen LogP contribution in [0.1, 0.15) is 55.8 Å². The first kappa shape index (κ1) is 20.8. The monoisotopic (exact) mass is 398 g/mol. The zero-order valence-electron chi connectivity index (χ0n) is 16.5. The molecular formula is C22H26N2O5. The molecule has 7 nitrogen and oxygen atoms in total. The fourth-order valence-electron chi connectivity index (χ4n) is 4.01. The van der Waals surface area contributed by atoms with Gasteiger partial charge in [0.1, 0.15) is 0 Å². The number of para-hydroxylation sites is 1. The average molecular weight is 398 g/mol. The number of unbranched alkanes of at least 4 members (excludes halogenated alkanes) is 2. The number of hydrogen-bond donors (Lipinski definition) is 2. The van der Waals surface area contributed by atoms with Gasteiger partial charge < -0.3 is 10.4 Å². The number of carbonyl (C=O) groups excluding carboxylic acids is 3. The van der Waals surface area contributed by atoms with Crippen molar-refractivity contribution in [1.29, 1.82) is 0 Å². The third kappa shape index (κ3) is 4.55. The van der Waals surface area contributed by atoms with Gasteiger partial charge in [0.25, 0.3) is 5.91 Å². The van der Waals surface area contributed by atoms with Crippen LogP contribution < -0.4 is 10.2 Å². The van der Waals surface area contributed by atoms with Crippen molar-refractivity contribution in [3.05, 3.63) is 41.5 Å². The summed E-state index contributed by atoms with van der Waals surface area (Å²) in [5, 5.41) is 11.4. The van der Waals surface area contributed by atoms with Crippen molar-refractivity contribution in [1.82, 2.24) is 5.32 Å². The highest BCUT2D eigenvalue weighted by atomic mass is 16.4. The van der Waals surface area contributed by atoms with E-state index in [0.717, 1.165) is 5.57 Å². The van der Waals surface area contributed by atoms with Crippen LogP contribution in [0.4, 0.5) is 5.69 Å². The summed E-state index contributed by atoms with van der Waals surface area (Å²) >= 11 is 0. The molecule has 1 aliphatic heterocycles. The lowest BCUT2D eigenvalue weighted by atomic mass is 9.82. The number of benzene rings is 1. The normalized spacial score (nSPS) is 21.0. The Kier molecular flexibility index (Phi) is 6.46. The van der Waals surface area contributed by atoms with Gasteiger partial charge in [0.2, 0.25) is 11.8 Å². The summed E-state index contributed by atoms with van der Waals surface area (Å²) in [4.78, 5) is 50.3. The SMILES string of the molecule is CC1=CC[C@@H]2C(=O)N(c3ccccc3C(=O)NCCCCCC(=O)O)C(=O)[C@@H]2C1. The highest BCUT2D eigenvalue weighted by Gasteiger charge is 2.49. The summed E-state index contributed by atoms with van der Waals surface area (Å²) < 4.78 is 0. The fraction of sp³-hybridized carbons (Fsp3) is 0.455. The van der Waals surface area contributed by atoms with Gasteiger partial charge in [0.05, 0.1) is 23.1 Å². The molecule has 0 bridgehead atoms. The Bertz CT molecular complexity index is 861. The number of allylic oxidation sites excluding steroid dienone is 2. The molecule has 2 atom stereocenters. The standard InChI is InChI=1S/C22H26N2O5/c1-14-10-11-15-17(13-14)22(29)24(21(15)28)18-8-5-4-7-16(18)20(27)23-12-6-2-3-9-19(25)26/h4-5,7-8,10,15,17H,2-3,6,9,11-13H2,1H3,(H,23,27)(H,25,26)/t15-,17+/m0/s1. The number of carbonyl (C=O) groups is 4. The Morgan fingerprint density at radius 3 is 2.59 bits per heavy atom. The first-order valence-corrected chi connectivity index (χ1v) is 10.0. The second-order valence-electron chi connectivity index (χ2n) is 7.69.